The first-order valence-electron chi connectivity index (χ1n) is 9.90. The van der Waals surface area contributed by atoms with E-state index in [1.807, 2.05) is 20.8 Å². The Labute approximate surface area is 165 Å². The molecule has 0 N–H and O–H groups in total. The predicted molar refractivity (Wildman–Crippen MR) is 102 cm³/mol. The van der Waals surface area contributed by atoms with Gasteiger partial charge in [-0.05, 0) is 57.7 Å². The molecule has 2 atom stereocenters. The van der Waals surface area contributed by atoms with Crippen LogP contribution in [0.15, 0.2) is 24.3 Å². The summed E-state index contributed by atoms with van der Waals surface area (Å²) in [4.78, 5) is 29.1. The number of carbonyl (C=O) groups excluding carboxylic acids is 2. The second kappa shape index (κ2) is 8.47. The van der Waals surface area contributed by atoms with Gasteiger partial charge in [0.05, 0.1) is 13.2 Å². The summed E-state index contributed by atoms with van der Waals surface area (Å²) in [5.41, 5.74) is 0.106. The average molecular weight is 392 g/mol. The van der Waals surface area contributed by atoms with Crippen molar-refractivity contribution in [3.63, 3.8) is 0 Å². The average Bonchev–Trinajstić information content (AvgIpc) is 2.66. The number of piperidine rings is 1. The van der Waals surface area contributed by atoms with E-state index in [4.69, 9.17) is 9.47 Å². The van der Waals surface area contributed by atoms with E-state index in [0.29, 0.717) is 38.2 Å². The number of carbonyl (C=O) groups is 2. The zero-order valence-electron chi connectivity index (χ0n) is 16.8. The summed E-state index contributed by atoms with van der Waals surface area (Å²) in [5.74, 6) is -0.414. The number of hydrogen-bond acceptors (Lipinski definition) is 4. The molecule has 1 aromatic carbocycles. The smallest absolute Gasteiger partial charge is 0.410 e. The number of rotatable bonds is 2. The van der Waals surface area contributed by atoms with Gasteiger partial charge in [0, 0.05) is 13.1 Å². The highest BCUT2D eigenvalue weighted by molar-refractivity contribution is 5.86. The van der Waals surface area contributed by atoms with E-state index >= 15 is 0 Å². The molecule has 2 saturated heterocycles. The summed E-state index contributed by atoms with van der Waals surface area (Å²) in [6.07, 6.45) is 1.57. The molecular formula is C21H29FN2O4. The lowest BCUT2D eigenvalue weighted by Gasteiger charge is -2.40. The van der Waals surface area contributed by atoms with Crippen LogP contribution >= 0.6 is 0 Å². The maximum absolute atomic E-state index is 13.5. The second-order valence-corrected chi connectivity index (χ2v) is 8.38. The quantitative estimate of drug-likeness (QED) is 0.773. The monoisotopic (exact) mass is 392 g/mol. The zero-order valence-corrected chi connectivity index (χ0v) is 16.8. The fourth-order valence-electron chi connectivity index (χ4n) is 3.70. The van der Waals surface area contributed by atoms with Gasteiger partial charge in [-0.3, -0.25) is 9.69 Å². The minimum atomic E-state index is -0.608. The highest BCUT2D eigenvalue weighted by atomic mass is 19.1. The van der Waals surface area contributed by atoms with Gasteiger partial charge >= 0.3 is 6.09 Å². The molecule has 7 heteroatoms. The Balaban J connectivity index is 1.71. The minimum Gasteiger partial charge on any atom is -0.444 e. The summed E-state index contributed by atoms with van der Waals surface area (Å²) >= 11 is 0. The molecule has 0 bridgehead atoms. The van der Waals surface area contributed by atoms with Crippen LogP contribution in [0.3, 0.4) is 0 Å². The first-order chi connectivity index (χ1) is 13.2. The van der Waals surface area contributed by atoms with Gasteiger partial charge in [-0.2, -0.15) is 0 Å². The first-order valence-corrected chi connectivity index (χ1v) is 9.90. The first kappa shape index (κ1) is 20.6. The van der Waals surface area contributed by atoms with Crippen molar-refractivity contribution < 1.29 is 23.5 Å². The predicted octanol–water partition coefficient (Wildman–Crippen LogP) is 3.52. The van der Waals surface area contributed by atoms with Crippen molar-refractivity contribution in [2.75, 3.05) is 26.2 Å². The molecule has 2 amide bonds. The number of benzene rings is 1. The minimum absolute atomic E-state index is 0.0877. The number of hydrogen-bond donors (Lipinski definition) is 0. The van der Waals surface area contributed by atoms with Gasteiger partial charge in [0.2, 0.25) is 5.91 Å². The second-order valence-electron chi connectivity index (χ2n) is 8.38. The molecule has 0 saturated carbocycles. The third kappa shape index (κ3) is 5.01. The van der Waals surface area contributed by atoms with Crippen LogP contribution in [-0.2, 0) is 14.3 Å². The van der Waals surface area contributed by atoms with Gasteiger partial charge in [0.1, 0.15) is 23.6 Å². The molecule has 0 aliphatic carbocycles. The Morgan fingerprint density at radius 3 is 2.71 bits per heavy atom. The molecule has 1 aromatic rings. The van der Waals surface area contributed by atoms with Gasteiger partial charge in [-0.1, -0.05) is 12.1 Å². The van der Waals surface area contributed by atoms with Gasteiger partial charge in [-0.15, -0.1) is 0 Å². The molecule has 2 aliphatic rings. The van der Waals surface area contributed by atoms with Crippen molar-refractivity contribution in [2.24, 2.45) is 0 Å². The van der Waals surface area contributed by atoms with Crippen molar-refractivity contribution in [3.8, 4) is 0 Å². The van der Waals surface area contributed by atoms with Crippen LogP contribution in [0.2, 0.25) is 0 Å². The molecule has 6 nitrogen and oxygen atoms in total. The third-order valence-corrected chi connectivity index (χ3v) is 5.01. The zero-order chi connectivity index (χ0) is 20.3. The third-order valence-electron chi connectivity index (χ3n) is 5.01. The van der Waals surface area contributed by atoms with E-state index in [1.165, 1.54) is 12.1 Å². The lowest BCUT2D eigenvalue weighted by molar-refractivity contribution is -0.145. The summed E-state index contributed by atoms with van der Waals surface area (Å²) in [5, 5.41) is 0. The van der Waals surface area contributed by atoms with Crippen LogP contribution < -0.4 is 0 Å². The standard InChI is InChI=1S/C21H29FN2O4/c1-21(2,3)28-20(26)24-10-5-4-9-17(24)19(25)23-11-12-27-18(14-23)15-7-6-8-16(22)13-15/h6-8,13,17-18H,4-5,9-12,14H2,1-3H3. The fourth-order valence-corrected chi connectivity index (χ4v) is 3.70. The Morgan fingerprint density at radius 1 is 1.21 bits per heavy atom. The molecule has 2 unspecified atom stereocenters. The lowest BCUT2D eigenvalue weighted by Crippen LogP contribution is -2.56. The Kier molecular flexibility index (Phi) is 6.23. The molecule has 2 fully saturated rings. The van der Waals surface area contributed by atoms with Gasteiger partial charge in [-0.25, -0.2) is 9.18 Å². The molecule has 2 aliphatic heterocycles. The number of amides is 2. The fraction of sp³-hybridized carbons (Fsp3) is 0.619. The van der Waals surface area contributed by atoms with Gasteiger partial charge < -0.3 is 14.4 Å². The number of ether oxygens (including phenoxy) is 2. The Bertz CT molecular complexity index is 719. The van der Waals surface area contributed by atoms with Crippen LogP contribution in [-0.4, -0.2) is 59.7 Å². The number of halogens is 1. The summed E-state index contributed by atoms with van der Waals surface area (Å²) in [6.45, 7) is 7.16. The Hall–Kier alpha value is -2.15. The molecule has 0 spiro atoms. The molecule has 28 heavy (non-hydrogen) atoms. The van der Waals surface area contributed by atoms with Crippen LogP contribution in [0.1, 0.15) is 51.7 Å². The highest BCUT2D eigenvalue weighted by Gasteiger charge is 2.38. The van der Waals surface area contributed by atoms with E-state index < -0.39 is 17.7 Å². The van der Waals surface area contributed by atoms with Gasteiger partial charge in [0.15, 0.2) is 0 Å². The molecular weight excluding hydrogens is 363 g/mol. The normalized spacial score (nSPS) is 23.4. The molecule has 2 heterocycles. The van der Waals surface area contributed by atoms with Crippen molar-refractivity contribution in [1.82, 2.24) is 9.80 Å². The van der Waals surface area contributed by atoms with Crippen molar-refractivity contribution >= 4 is 12.0 Å². The molecule has 3 rings (SSSR count). The van der Waals surface area contributed by atoms with E-state index in [-0.39, 0.29) is 17.8 Å². The van der Waals surface area contributed by atoms with Gasteiger partial charge in [0.25, 0.3) is 0 Å². The maximum atomic E-state index is 13.5. The summed E-state index contributed by atoms with van der Waals surface area (Å²) in [7, 11) is 0. The van der Waals surface area contributed by atoms with Crippen LogP contribution in [0.4, 0.5) is 9.18 Å². The van der Waals surface area contributed by atoms with E-state index in [2.05, 4.69) is 0 Å². The SMILES string of the molecule is CC(C)(C)OC(=O)N1CCCCC1C(=O)N1CCOC(c2cccc(F)c2)C1. The van der Waals surface area contributed by atoms with Crippen LogP contribution in [0.25, 0.3) is 0 Å². The Morgan fingerprint density at radius 2 is 2.00 bits per heavy atom. The molecule has 0 aromatic heterocycles. The molecule has 0 radical (unpaired) electrons. The maximum Gasteiger partial charge on any atom is 0.410 e. The van der Waals surface area contributed by atoms with Crippen LogP contribution in [0, 0.1) is 5.82 Å². The van der Waals surface area contributed by atoms with Crippen molar-refractivity contribution in [3.05, 3.63) is 35.6 Å². The highest BCUT2D eigenvalue weighted by Crippen LogP contribution is 2.26. The number of likely N-dealkylation sites (tertiary alicyclic amines) is 1. The van der Waals surface area contributed by atoms with E-state index in [0.717, 1.165) is 12.8 Å². The topological polar surface area (TPSA) is 59.1 Å². The lowest BCUT2D eigenvalue weighted by atomic mass is 10.0. The summed E-state index contributed by atoms with van der Waals surface area (Å²) < 4.78 is 24.8. The van der Waals surface area contributed by atoms with E-state index in [9.17, 15) is 14.0 Å². The largest absolute Gasteiger partial charge is 0.444 e. The number of morpholine rings is 1. The number of nitrogens with zero attached hydrogens (tertiary/aromatic N) is 2. The van der Waals surface area contributed by atoms with Crippen LogP contribution in [0.5, 0.6) is 0 Å². The summed E-state index contributed by atoms with van der Waals surface area (Å²) in [6, 6.07) is 5.74. The molecule has 154 valence electrons. The van der Waals surface area contributed by atoms with Crippen molar-refractivity contribution in [2.45, 2.75) is 57.8 Å². The van der Waals surface area contributed by atoms with E-state index in [1.54, 1.807) is 21.9 Å². The van der Waals surface area contributed by atoms with Crippen molar-refractivity contribution in [1.29, 1.82) is 0 Å².